The van der Waals surface area contributed by atoms with Crippen LogP contribution in [0.25, 0.3) is 0 Å². The fourth-order valence-electron chi connectivity index (χ4n) is 1.04. The third-order valence-corrected chi connectivity index (χ3v) is 2.21. The molecular formula is C10H7Cl2NO2. The number of nitriles is 1. The van der Waals surface area contributed by atoms with Crippen molar-refractivity contribution < 1.29 is 9.53 Å². The van der Waals surface area contributed by atoms with Gasteiger partial charge in [-0.1, -0.05) is 29.3 Å². The molecule has 0 radical (unpaired) electrons. The maximum Gasteiger partial charge on any atom is 0.304 e. The second-order valence-corrected chi connectivity index (χ2v) is 3.63. The summed E-state index contributed by atoms with van der Waals surface area (Å²) in [6, 6.07) is 6.47. The van der Waals surface area contributed by atoms with Gasteiger partial charge in [-0.2, -0.15) is 5.26 Å². The van der Waals surface area contributed by atoms with Gasteiger partial charge in [-0.3, -0.25) is 4.79 Å². The van der Waals surface area contributed by atoms with Crippen LogP contribution in [0.3, 0.4) is 0 Å². The number of nitrogens with zero attached hydrogens (tertiary/aromatic N) is 1. The lowest BCUT2D eigenvalue weighted by Gasteiger charge is -2.11. The molecule has 0 spiro atoms. The van der Waals surface area contributed by atoms with Crippen molar-refractivity contribution in [3.05, 3.63) is 33.8 Å². The quantitative estimate of drug-likeness (QED) is 0.751. The Kier molecular flexibility index (Phi) is 3.96. The van der Waals surface area contributed by atoms with E-state index < -0.39 is 12.1 Å². The SMILES string of the molecule is CC(=O)OC(C#N)c1ccc(Cl)cc1Cl. The Hall–Kier alpha value is -1.24. The summed E-state index contributed by atoms with van der Waals surface area (Å²) in [5.74, 6) is -0.535. The molecule has 1 aromatic carbocycles. The third kappa shape index (κ3) is 3.12. The van der Waals surface area contributed by atoms with Gasteiger partial charge in [0, 0.05) is 17.5 Å². The lowest BCUT2D eigenvalue weighted by atomic mass is 10.1. The van der Waals surface area contributed by atoms with E-state index in [1.807, 2.05) is 6.07 Å². The zero-order valence-corrected chi connectivity index (χ0v) is 9.34. The summed E-state index contributed by atoms with van der Waals surface area (Å²) < 4.78 is 4.78. The molecule has 0 aliphatic heterocycles. The van der Waals surface area contributed by atoms with Crippen molar-refractivity contribution in [2.75, 3.05) is 0 Å². The van der Waals surface area contributed by atoms with Crippen molar-refractivity contribution in [3.8, 4) is 6.07 Å². The van der Waals surface area contributed by atoms with Crippen LogP contribution in [-0.4, -0.2) is 5.97 Å². The van der Waals surface area contributed by atoms with Crippen molar-refractivity contribution in [2.24, 2.45) is 0 Å². The molecular weight excluding hydrogens is 237 g/mol. The maximum absolute atomic E-state index is 10.7. The first-order valence-corrected chi connectivity index (χ1v) is 4.82. The van der Waals surface area contributed by atoms with Crippen LogP contribution in [0.15, 0.2) is 18.2 Å². The van der Waals surface area contributed by atoms with Crippen molar-refractivity contribution in [3.63, 3.8) is 0 Å². The fraction of sp³-hybridized carbons (Fsp3) is 0.200. The molecule has 0 bridgehead atoms. The summed E-state index contributed by atoms with van der Waals surface area (Å²) in [6.07, 6.45) is -0.993. The van der Waals surface area contributed by atoms with E-state index >= 15 is 0 Å². The zero-order chi connectivity index (χ0) is 11.4. The van der Waals surface area contributed by atoms with Crippen molar-refractivity contribution in [1.82, 2.24) is 0 Å². The van der Waals surface area contributed by atoms with E-state index in [2.05, 4.69) is 0 Å². The van der Waals surface area contributed by atoms with Crippen LogP contribution >= 0.6 is 23.2 Å². The Balaban J connectivity index is 3.03. The Bertz CT molecular complexity index is 426. The second-order valence-electron chi connectivity index (χ2n) is 2.78. The first-order valence-electron chi connectivity index (χ1n) is 4.06. The minimum Gasteiger partial charge on any atom is -0.442 e. The molecule has 0 N–H and O–H groups in total. The number of halogens is 2. The molecule has 1 aromatic rings. The summed E-state index contributed by atoms with van der Waals surface area (Å²) >= 11 is 11.6. The molecule has 15 heavy (non-hydrogen) atoms. The van der Waals surface area contributed by atoms with Gasteiger partial charge in [-0.25, -0.2) is 0 Å². The summed E-state index contributed by atoms with van der Waals surface area (Å²) in [4.78, 5) is 10.7. The van der Waals surface area contributed by atoms with E-state index in [4.69, 9.17) is 33.2 Å². The Morgan fingerprint density at radius 3 is 2.67 bits per heavy atom. The highest BCUT2D eigenvalue weighted by molar-refractivity contribution is 6.35. The van der Waals surface area contributed by atoms with Crippen LogP contribution in [-0.2, 0) is 9.53 Å². The van der Waals surface area contributed by atoms with Gasteiger partial charge in [0.1, 0.15) is 6.07 Å². The Labute approximate surface area is 97.2 Å². The smallest absolute Gasteiger partial charge is 0.304 e. The molecule has 0 amide bonds. The number of esters is 1. The second kappa shape index (κ2) is 5.01. The van der Waals surface area contributed by atoms with Gasteiger partial charge in [0.05, 0.1) is 5.02 Å². The molecule has 78 valence electrons. The molecule has 1 rings (SSSR count). The molecule has 0 aliphatic rings. The molecule has 0 heterocycles. The number of carbonyl (C=O) groups excluding carboxylic acids is 1. The van der Waals surface area contributed by atoms with E-state index in [0.29, 0.717) is 15.6 Å². The summed E-state index contributed by atoms with van der Waals surface area (Å²) in [5.41, 5.74) is 0.429. The predicted molar refractivity (Wildman–Crippen MR) is 56.6 cm³/mol. The van der Waals surface area contributed by atoms with Gasteiger partial charge in [-0.05, 0) is 12.1 Å². The monoisotopic (exact) mass is 243 g/mol. The van der Waals surface area contributed by atoms with Gasteiger partial charge in [-0.15, -0.1) is 0 Å². The molecule has 0 aliphatic carbocycles. The Morgan fingerprint density at radius 2 is 2.20 bits per heavy atom. The van der Waals surface area contributed by atoms with E-state index in [-0.39, 0.29) is 0 Å². The highest BCUT2D eigenvalue weighted by Crippen LogP contribution is 2.28. The first kappa shape index (κ1) is 11.8. The maximum atomic E-state index is 10.7. The van der Waals surface area contributed by atoms with Crippen LogP contribution in [0, 0.1) is 11.3 Å². The molecule has 1 atom stereocenters. The largest absolute Gasteiger partial charge is 0.442 e. The van der Waals surface area contributed by atoms with Crippen LogP contribution in [0.5, 0.6) is 0 Å². The highest BCUT2D eigenvalue weighted by atomic mass is 35.5. The summed E-state index contributed by atoms with van der Waals surface area (Å²) in [7, 11) is 0. The molecule has 1 unspecified atom stereocenters. The third-order valence-electron chi connectivity index (χ3n) is 1.65. The molecule has 3 nitrogen and oxygen atoms in total. The van der Waals surface area contributed by atoms with Crippen molar-refractivity contribution >= 4 is 29.2 Å². The van der Waals surface area contributed by atoms with Crippen molar-refractivity contribution in [1.29, 1.82) is 5.26 Å². The first-order chi connectivity index (χ1) is 7.04. The number of ether oxygens (including phenoxy) is 1. The lowest BCUT2D eigenvalue weighted by molar-refractivity contribution is -0.144. The van der Waals surface area contributed by atoms with Gasteiger partial charge in [0.2, 0.25) is 6.10 Å². The average Bonchev–Trinajstić information content (AvgIpc) is 2.14. The van der Waals surface area contributed by atoms with Crippen molar-refractivity contribution in [2.45, 2.75) is 13.0 Å². The minimum atomic E-state index is -0.993. The summed E-state index contributed by atoms with van der Waals surface area (Å²) in [6.45, 7) is 1.23. The molecule has 5 heteroatoms. The lowest BCUT2D eigenvalue weighted by Crippen LogP contribution is -2.06. The van der Waals surface area contributed by atoms with Crippen LogP contribution in [0.1, 0.15) is 18.6 Å². The Morgan fingerprint density at radius 1 is 1.53 bits per heavy atom. The van der Waals surface area contributed by atoms with Gasteiger partial charge in [0.25, 0.3) is 0 Å². The van der Waals surface area contributed by atoms with E-state index in [1.165, 1.54) is 13.0 Å². The predicted octanol–water partition coefficient (Wildman–Crippen LogP) is 3.12. The van der Waals surface area contributed by atoms with Crippen LogP contribution in [0.2, 0.25) is 10.0 Å². The zero-order valence-electron chi connectivity index (χ0n) is 7.83. The highest BCUT2D eigenvalue weighted by Gasteiger charge is 2.16. The van der Waals surface area contributed by atoms with Crippen LogP contribution in [0.4, 0.5) is 0 Å². The molecule has 0 saturated carbocycles. The molecule has 0 fully saturated rings. The van der Waals surface area contributed by atoms with E-state index in [1.54, 1.807) is 12.1 Å². The summed E-state index contributed by atoms with van der Waals surface area (Å²) in [5, 5.41) is 9.57. The average molecular weight is 244 g/mol. The fourth-order valence-corrected chi connectivity index (χ4v) is 1.55. The number of rotatable bonds is 2. The van der Waals surface area contributed by atoms with Gasteiger partial charge >= 0.3 is 5.97 Å². The number of hydrogen-bond acceptors (Lipinski definition) is 3. The number of carbonyl (C=O) groups is 1. The van der Waals surface area contributed by atoms with E-state index in [9.17, 15) is 4.79 Å². The number of hydrogen-bond donors (Lipinski definition) is 0. The standard InChI is InChI=1S/C10H7Cl2NO2/c1-6(14)15-10(5-13)8-3-2-7(11)4-9(8)12/h2-4,10H,1H3. The minimum absolute atomic E-state index is 0.301. The normalized spacial score (nSPS) is 11.6. The van der Waals surface area contributed by atoms with E-state index in [0.717, 1.165) is 0 Å². The molecule has 0 saturated heterocycles. The molecule has 0 aromatic heterocycles. The van der Waals surface area contributed by atoms with Gasteiger partial charge in [0.15, 0.2) is 0 Å². The number of benzene rings is 1. The topological polar surface area (TPSA) is 50.1 Å². The van der Waals surface area contributed by atoms with Crippen LogP contribution < -0.4 is 0 Å². The van der Waals surface area contributed by atoms with Gasteiger partial charge < -0.3 is 4.74 Å².